The van der Waals surface area contributed by atoms with Crippen molar-refractivity contribution in [1.29, 1.82) is 0 Å². The number of unbranched alkanes of at least 4 members (excludes halogenated alkanes) is 2. The van der Waals surface area contributed by atoms with Gasteiger partial charge in [-0.15, -0.1) is 0 Å². The van der Waals surface area contributed by atoms with Crippen molar-refractivity contribution in [2.24, 2.45) is 0 Å². The quantitative estimate of drug-likeness (QED) is 0.182. The topological polar surface area (TPSA) is 112 Å². The molecule has 40 heavy (non-hydrogen) atoms. The third kappa shape index (κ3) is 6.36. The highest BCUT2D eigenvalue weighted by Gasteiger charge is 2.22. The first kappa shape index (κ1) is 27.1. The van der Waals surface area contributed by atoms with E-state index in [1.54, 1.807) is 18.0 Å². The van der Waals surface area contributed by atoms with Crippen molar-refractivity contribution in [3.8, 4) is 17.2 Å². The minimum Gasteiger partial charge on any atom is -0.480 e. The van der Waals surface area contributed by atoms with Crippen molar-refractivity contribution in [3.05, 3.63) is 72.9 Å². The number of hydrogen-bond acceptors (Lipinski definition) is 7. The van der Waals surface area contributed by atoms with E-state index in [1.165, 1.54) is 0 Å². The third-order valence-electron chi connectivity index (χ3n) is 6.91. The number of carbonyl (C=O) groups is 2. The molecule has 2 aromatic carbocycles. The molecule has 206 valence electrons. The summed E-state index contributed by atoms with van der Waals surface area (Å²) >= 11 is 0. The number of hydrogen-bond donors (Lipinski definition) is 1. The molecule has 0 fully saturated rings. The van der Waals surface area contributed by atoms with Crippen LogP contribution in [0.4, 0.5) is 0 Å². The van der Waals surface area contributed by atoms with Crippen LogP contribution in [0.1, 0.15) is 57.4 Å². The van der Waals surface area contributed by atoms with Gasteiger partial charge in [0.1, 0.15) is 18.4 Å². The van der Waals surface area contributed by atoms with Gasteiger partial charge in [-0.3, -0.25) is 14.3 Å². The smallest absolute Gasteiger partial charge is 0.242 e. The summed E-state index contributed by atoms with van der Waals surface area (Å²) < 4.78 is 13.4. The molecule has 0 aliphatic carbocycles. The Morgan fingerprint density at radius 3 is 2.58 bits per heavy atom. The molecule has 1 N–H and O–H groups in total. The highest BCUT2D eigenvalue weighted by Crippen LogP contribution is 2.33. The summed E-state index contributed by atoms with van der Waals surface area (Å²) in [4.78, 5) is 33.9. The summed E-state index contributed by atoms with van der Waals surface area (Å²) in [5, 5.41) is 9.51. The second kappa shape index (κ2) is 12.5. The molecule has 1 atom stereocenters. The highest BCUT2D eigenvalue weighted by atomic mass is 16.5. The van der Waals surface area contributed by atoms with Gasteiger partial charge >= 0.3 is 0 Å². The van der Waals surface area contributed by atoms with Crippen molar-refractivity contribution >= 4 is 33.5 Å². The third-order valence-corrected chi connectivity index (χ3v) is 6.91. The average Bonchev–Trinajstić information content (AvgIpc) is 3.62. The van der Waals surface area contributed by atoms with E-state index in [0.29, 0.717) is 42.4 Å². The molecule has 1 amide bonds. The summed E-state index contributed by atoms with van der Waals surface area (Å²) in [6.07, 6.45) is 7.78. The maximum Gasteiger partial charge on any atom is 0.242 e. The van der Waals surface area contributed by atoms with E-state index in [1.807, 2.05) is 67.7 Å². The zero-order chi connectivity index (χ0) is 27.9. The van der Waals surface area contributed by atoms with Crippen molar-refractivity contribution in [1.82, 2.24) is 25.1 Å². The van der Waals surface area contributed by atoms with Crippen LogP contribution in [0.3, 0.4) is 0 Å². The van der Waals surface area contributed by atoms with Crippen molar-refractivity contribution in [3.63, 3.8) is 0 Å². The molecule has 0 aliphatic heterocycles. The van der Waals surface area contributed by atoms with Gasteiger partial charge in [-0.25, -0.2) is 9.97 Å². The number of oxazole rings is 1. The fourth-order valence-electron chi connectivity index (χ4n) is 4.77. The molecule has 9 nitrogen and oxygen atoms in total. The lowest BCUT2D eigenvalue weighted by Gasteiger charge is -2.16. The van der Waals surface area contributed by atoms with Gasteiger partial charge in [0.15, 0.2) is 5.76 Å². The number of methoxy groups -OCH3 is 1. The molecular formula is C31H33N5O4. The van der Waals surface area contributed by atoms with Crippen LogP contribution in [0.15, 0.2) is 71.4 Å². The van der Waals surface area contributed by atoms with Crippen LogP contribution in [-0.2, 0) is 16.1 Å². The predicted octanol–water partition coefficient (Wildman–Crippen LogP) is 6.04. The average molecular weight is 540 g/mol. The molecule has 3 heterocycles. The van der Waals surface area contributed by atoms with E-state index in [2.05, 4.69) is 20.4 Å². The molecule has 0 saturated heterocycles. The van der Waals surface area contributed by atoms with Gasteiger partial charge in [-0.1, -0.05) is 56.2 Å². The monoisotopic (exact) mass is 539 g/mol. The SMILES string of the molecule is CCC(=O)CCCCC[C@H](NC(=O)Cn1cc2ccccc2n1)c1ncc(-c2cc3ccccc3nc2OC)o1. The standard InChI is InChI=1S/C31H33N5O4/c1-3-23(37)13-5-4-6-16-27(33-29(38)20-36-19-22-12-8-10-15-26(22)35-36)31-32-18-28(40-31)24-17-21-11-7-9-14-25(21)34-30(24)39-2/h7-12,14-15,17-19,27H,3-6,13,16,20H2,1-2H3,(H,33,38)/t27-/m0/s1. The summed E-state index contributed by atoms with van der Waals surface area (Å²) in [6, 6.07) is 17.1. The number of nitrogens with one attached hydrogen (secondary N) is 1. The van der Waals surface area contributed by atoms with Crippen LogP contribution >= 0.6 is 0 Å². The van der Waals surface area contributed by atoms with Crippen LogP contribution < -0.4 is 10.1 Å². The first-order chi connectivity index (χ1) is 19.5. The van der Waals surface area contributed by atoms with E-state index < -0.39 is 6.04 Å². The fraction of sp³-hybridized carbons (Fsp3) is 0.323. The van der Waals surface area contributed by atoms with E-state index in [0.717, 1.165) is 41.1 Å². The van der Waals surface area contributed by atoms with Gasteiger partial charge in [-0.05, 0) is 31.0 Å². The maximum atomic E-state index is 13.1. The van der Waals surface area contributed by atoms with Crippen LogP contribution in [-0.4, -0.2) is 38.5 Å². The molecule has 0 unspecified atom stereocenters. The maximum absolute atomic E-state index is 13.1. The van der Waals surface area contributed by atoms with E-state index in [-0.39, 0.29) is 18.2 Å². The molecule has 0 bridgehead atoms. The fourth-order valence-corrected chi connectivity index (χ4v) is 4.77. The molecule has 3 aromatic heterocycles. The first-order valence-electron chi connectivity index (χ1n) is 13.7. The van der Waals surface area contributed by atoms with Gasteiger partial charge in [0, 0.05) is 29.8 Å². The Bertz CT molecular complexity index is 1590. The summed E-state index contributed by atoms with van der Waals surface area (Å²) in [5.74, 6) is 1.44. The molecule has 5 rings (SSSR count). The van der Waals surface area contributed by atoms with E-state index in [4.69, 9.17) is 9.15 Å². The minimum absolute atomic E-state index is 0.0756. The van der Waals surface area contributed by atoms with Gasteiger partial charge in [0.05, 0.1) is 29.9 Å². The molecule has 0 spiro atoms. The Morgan fingerprint density at radius 2 is 1.80 bits per heavy atom. The molecule has 0 saturated carbocycles. The Morgan fingerprint density at radius 1 is 1.02 bits per heavy atom. The molecule has 0 aliphatic rings. The number of carbonyl (C=O) groups excluding carboxylic acids is 2. The summed E-state index contributed by atoms with van der Waals surface area (Å²) in [7, 11) is 1.57. The highest BCUT2D eigenvalue weighted by molar-refractivity contribution is 5.85. The van der Waals surface area contributed by atoms with Crippen LogP contribution in [0.2, 0.25) is 0 Å². The minimum atomic E-state index is -0.437. The van der Waals surface area contributed by atoms with Crippen LogP contribution in [0.5, 0.6) is 5.88 Å². The zero-order valence-corrected chi connectivity index (χ0v) is 22.8. The van der Waals surface area contributed by atoms with E-state index >= 15 is 0 Å². The Balaban J connectivity index is 1.34. The predicted molar refractivity (Wildman–Crippen MR) is 153 cm³/mol. The number of Topliss-reactive ketones (excluding diaryl/α,β-unsaturated/α-hetero) is 1. The molecule has 9 heteroatoms. The first-order valence-corrected chi connectivity index (χ1v) is 13.7. The number of pyridine rings is 1. The van der Waals surface area contributed by atoms with Gasteiger partial charge in [0.25, 0.3) is 0 Å². The number of nitrogens with zero attached hydrogens (tertiary/aromatic N) is 4. The number of ketones is 1. The summed E-state index contributed by atoms with van der Waals surface area (Å²) in [5.41, 5.74) is 2.34. The Kier molecular flexibility index (Phi) is 8.49. The van der Waals surface area contributed by atoms with Crippen LogP contribution in [0.25, 0.3) is 33.1 Å². The van der Waals surface area contributed by atoms with Crippen molar-refractivity contribution in [2.75, 3.05) is 7.11 Å². The van der Waals surface area contributed by atoms with Crippen molar-refractivity contribution in [2.45, 2.75) is 58.0 Å². The largest absolute Gasteiger partial charge is 0.480 e. The van der Waals surface area contributed by atoms with Gasteiger partial charge in [0.2, 0.25) is 17.7 Å². The lowest BCUT2D eigenvalue weighted by molar-refractivity contribution is -0.123. The van der Waals surface area contributed by atoms with E-state index in [9.17, 15) is 9.59 Å². The second-order valence-electron chi connectivity index (χ2n) is 9.80. The molecular weight excluding hydrogens is 506 g/mol. The van der Waals surface area contributed by atoms with Crippen LogP contribution in [0, 0.1) is 0 Å². The number of aromatic nitrogens is 4. The van der Waals surface area contributed by atoms with Gasteiger partial charge in [-0.2, -0.15) is 5.10 Å². The number of benzene rings is 2. The number of rotatable bonds is 13. The Hall–Kier alpha value is -4.53. The Labute approximate surface area is 232 Å². The van der Waals surface area contributed by atoms with Crippen molar-refractivity contribution < 1.29 is 18.7 Å². The number of ether oxygens (including phenoxy) is 1. The number of para-hydroxylation sites is 1. The lowest BCUT2D eigenvalue weighted by Crippen LogP contribution is -2.32. The summed E-state index contributed by atoms with van der Waals surface area (Å²) in [6.45, 7) is 1.96. The van der Waals surface area contributed by atoms with Gasteiger partial charge < -0.3 is 14.5 Å². The zero-order valence-electron chi connectivity index (χ0n) is 22.8. The second-order valence-corrected chi connectivity index (χ2v) is 9.80. The number of amides is 1. The number of fused-ring (bicyclic) bond motifs is 2. The molecule has 0 radical (unpaired) electrons. The molecule has 5 aromatic rings. The lowest BCUT2D eigenvalue weighted by atomic mass is 10.0. The normalized spacial score (nSPS) is 12.1.